The number of aryl methyl sites for hydroxylation is 1. The predicted molar refractivity (Wildman–Crippen MR) is 144 cm³/mol. The Balaban J connectivity index is 1.76. The van der Waals surface area contributed by atoms with Crippen molar-refractivity contribution in [2.24, 2.45) is 5.10 Å². The maximum Gasteiger partial charge on any atom is 0.339 e. The lowest BCUT2D eigenvalue weighted by Crippen LogP contribution is -2.17. The fraction of sp³-hybridized carbons (Fsp3) is 0.200. The first kappa shape index (κ1) is 27.3. The van der Waals surface area contributed by atoms with E-state index in [9.17, 15) is 13.2 Å². The molecule has 0 saturated heterocycles. The first-order valence-electron chi connectivity index (χ1n) is 10.7. The van der Waals surface area contributed by atoms with Crippen LogP contribution >= 0.6 is 22.6 Å². The number of rotatable bonds is 10. The second-order valence-corrected chi connectivity index (χ2v) is 10.1. The van der Waals surface area contributed by atoms with Gasteiger partial charge in [-0.05, 0) is 84.5 Å². The number of carbonyl (C=O) groups is 1. The fourth-order valence-electron chi connectivity index (χ4n) is 3.07. The number of carbonyl (C=O) groups excluding carboxylic acids is 1. The van der Waals surface area contributed by atoms with E-state index < -0.39 is 16.0 Å². The molecule has 0 radical (unpaired) electrons. The maximum absolute atomic E-state index is 12.7. The zero-order chi connectivity index (χ0) is 26.3. The van der Waals surface area contributed by atoms with E-state index in [1.807, 2.05) is 36.4 Å². The molecule has 0 atom stereocenters. The van der Waals surface area contributed by atoms with E-state index in [-0.39, 0.29) is 16.4 Å². The number of ether oxygens (including phenoxy) is 3. The van der Waals surface area contributed by atoms with Crippen molar-refractivity contribution in [3.63, 3.8) is 0 Å². The van der Waals surface area contributed by atoms with Crippen LogP contribution in [0.2, 0.25) is 0 Å². The lowest BCUT2D eigenvalue weighted by molar-refractivity contribution is 0.0954. The van der Waals surface area contributed by atoms with Gasteiger partial charge in [0.1, 0.15) is 4.90 Å². The highest BCUT2D eigenvalue weighted by Gasteiger charge is 2.22. The molecule has 0 fully saturated rings. The molecule has 1 N–H and O–H groups in total. The predicted octanol–water partition coefficient (Wildman–Crippen LogP) is 4.55. The van der Waals surface area contributed by atoms with Gasteiger partial charge in [0.25, 0.3) is 5.91 Å². The lowest BCUT2D eigenvalue weighted by atomic mass is 10.2. The van der Waals surface area contributed by atoms with Crippen molar-refractivity contribution in [1.82, 2.24) is 5.43 Å². The monoisotopic (exact) mass is 624 g/mol. The molecule has 11 heteroatoms. The number of nitrogens with zero attached hydrogens (tertiary/aromatic N) is 1. The van der Waals surface area contributed by atoms with Crippen molar-refractivity contribution in [2.45, 2.75) is 18.7 Å². The first-order valence-corrected chi connectivity index (χ1v) is 13.2. The molecule has 0 aliphatic heterocycles. The van der Waals surface area contributed by atoms with E-state index in [0.29, 0.717) is 32.8 Å². The van der Waals surface area contributed by atoms with E-state index in [2.05, 4.69) is 10.5 Å². The van der Waals surface area contributed by atoms with E-state index in [0.717, 1.165) is 5.56 Å². The summed E-state index contributed by atoms with van der Waals surface area (Å²) in [5, 5.41) is 3.99. The van der Waals surface area contributed by atoms with E-state index in [1.54, 1.807) is 42.5 Å². The molecule has 3 aromatic rings. The molecule has 190 valence electrons. The van der Waals surface area contributed by atoms with Crippen molar-refractivity contribution in [2.75, 3.05) is 20.8 Å². The van der Waals surface area contributed by atoms with Gasteiger partial charge in [0, 0.05) is 5.56 Å². The summed E-state index contributed by atoms with van der Waals surface area (Å²) in [7, 11) is -1.17. The highest BCUT2D eigenvalue weighted by atomic mass is 127. The summed E-state index contributed by atoms with van der Waals surface area (Å²) < 4.78 is 47.4. The Hall–Kier alpha value is -3.32. The molecular weight excluding hydrogens is 599 g/mol. The van der Waals surface area contributed by atoms with Crippen LogP contribution in [0.25, 0.3) is 0 Å². The van der Waals surface area contributed by atoms with Gasteiger partial charge in [-0.25, -0.2) is 5.43 Å². The zero-order valence-electron chi connectivity index (χ0n) is 20.1. The van der Waals surface area contributed by atoms with E-state index in [4.69, 9.17) is 18.4 Å². The Bertz CT molecular complexity index is 1370. The summed E-state index contributed by atoms with van der Waals surface area (Å²) in [6.45, 7) is 4.18. The number of benzene rings is 3. The molecule has 36 heavy (non-hydrogen) atoms. The third-order valence-corrected chi connectivity index (χ3v) is 6.90. The Morgan fingerprint density at radius 2 is 1.69 bits per heavy atom. The molecule has 0 spiro atoms. The number of methoxy groups -OCH3 is 2. The minimum atomic E-state index is -4.06. The van der Waals surface area contributed by atoms with Crippen LogP contribution in [0, 0.1) is 10.5 Å². The van der Waals surface area contributed by atoms with Crippen LogP contribution in [0.3, 0.4) is 0 Å². The van der Waals surface area contributed by atoms with Gasteiger partial charge in [0.2, 0.25) is 0 Å². The van der Waals surface area contributed by atoms with Gasteiger partial charge in [-0.15, -0.1) is 0 Å². The summed E-state index contributed by atoms with van der Waals surface area (Å²) in [6, 6.07) is 14.4. The Morgan fingerprint density at radius 3 is 2.33 bits per heavy atom. The zero-order valence-corrected chi connectivity index (χ0v) is 23.0. The molecule has 0 unspecified atom stereocenters. The van der Waals surface area contributed by atoms with E-state index >= 15 is 0 Å². The minimum Gasteiger partial charge on any atom is -0.493 e. The molecule has 1 amide bonds. The summed E-state index contributed by atoms with van der Waals surface area (Å²) in [5.74, 6) is 0.777. The summed E-state index contributed by atoms with van der Waals surface area (Å²) in [5.41, 5.74) is 4.27. The largest absolute Gasteiger partial charge is 0.493 e. The second-order valence-electron chi connectivity index (χ2n) is 7.38. The highest BCUT2D eigenvalue weighted by Crippen LogP contribution is 2.35. The number of hydrogen-bond acceptors (Lipinski definition) is 8. The van der Waals surface area contributed by atoms with Crippen molar-refractivity contribution in [3.05, 3.63) is 74.9 Å². The van der Waals surface area contributed by atoms with Gasteiger partial charge < -0.3 is 18.4 Å². The van der Waals surface area contributed by atoms with Crippen LogP contribution in [0.5, 0.6) is 23.0 Å². The molecular formula is C25H25IN2O7S. The normalized spacial score (nSPS) is 11.2. The SMILES string of the molecule is CCOc1ccc(C(=O)N/N=C/c2cc(I)c(OS(=O)(=O)c3ccc(C)cc3)c(OC)c2)cc1OC. The lowest BCUT2D eigenvalue weighted by Gasteiger charge is -2.13. The van der Waals surface area contributed by atoms with Crippen molar-refractivity contribution < 1.29 is 31.6 Å². The molecule has 9 nitrogen and oxygen atoms in total. The molecule has 0 aromatic heterocycles. The maximum atomic E-state index is 12.7. The van der Waals surface area contributed by atoms with Crippen molar-refractivity contribution >= 4 is 44.8 Å². The summed E-state index contributed by atoms with van der Waals surface area (Å²) in [6.07, 6.45) is 1.41. The minimum absolute atomic E-state index is 0.0326. The fourth-order valence-corrected chi connectivity index (χ4v) is 4.91. The van der Waals surface area contributed by atoms with Crippen molar-refractivity contribution in [1.29, 1.82) is 0 Å². The van der Waals surface area contributed by atoms with E-state index in [1.165, 1.54) is 32.6 Å². The van der Waals surface area contributed by atoms with Gasteiger partial charge in [-0.2, -0.15) is 13.5 Å². The first-order chi connectivity index (χ1) is 17.2. The number of hydrogen-bond donors (Lipinski definition) is 1. The molecule has 0 aliphatic carbocycles. The molecule has 3 aromatic carbocycles. The van der Waals surface area contributed by atoms with Crippen LogP contribution in [0.15, 0.2) is 64.6 Å². The van der Waals surface area contributed by atoms with Gasteiger partial charge in [-0.3, -0.25) is 4.79 Å². The molecule has 0 heterocycles. The van der Waals surface area contributed by atoms with Crippen molar-refractivity contribution in [3.8, 4) is 23.0 Å². The Morgan fingerprint density at radius 1 is 1.00 bits per heavy atom. The molecule has 0 aliphatic rings. The third-order valence-electron chi connectivity index (χ3n) is 4.86. The number of amides is 1. The Kier molecular flexibility index (Phi) is 9.15. The molecule has 0 saturated carbocycles. The summed E-state index contributed by atoms with van der Waals surface area (Å²) >= 11 is 1.95. The average Bonchev–Trinajstić information content (AvgIpc) is 2.86. The number of nitrogens with one attached hydrogen (secondary N) is 1. The van der Waals surface area contributed by atoms with Crippen LogP contribution < -0.4 is 23.8 Å². The number of hydrazone groups is 1. The van der Waals surface area contributed by atoms with Gasteiger partial charge in [0.05, 0.1) is 30.6 Å². The van der Waals surface area contributed by atoms with Crippen LogP contribution in [-0.2, 0) is 10.1 Å². The Labute approximate surface area is 223 Å². The molecule has 3 rings (SSSR count). The van der Waals surface area contributed by atoms with Gasteiger partial charge >= 0.3 is 10.1 Å². The van der Waals surface area contributed by atoms with Crippen LogP contribution in [0.4, 0.5) is 0 Å². The third kappa shape index (κ3) is 6.66. The standard InChI is InChI=1S/C25H25IN2O7S/c1-5-34-21-11-8-18(14-22(21)32-3)25(29)28-27-15-17-12-20(26)24(23(13-17)33-4)35-36(30,31)19-9-6-16(2)7-10-19/h6-15H,5H2,1-4H3,(H,28,29)/b27-15+. The quantitative estimate of drug-likeness (QED) is 0.153. The van der Waals surface area contributed by atoms with Crippen LogP contribution in [0.1, 0.15) is 28.4 Å². The topological polar surface area (TPSA) is 113 Å². The van der Waals surface area contributed by atoms with Crippen LogP contribution in [-0.4, -0.2) is 41.4 Å². The van der Waals surface area contributed by atoms with Gasteiger partial charge in [-0.1, -0.05) is 17.7 Å². The van der Waals surface area contributed by atoms with Gasteiger partial charge in [0.15, 0.2) is 23.0 Å². The number of halogens is 1. The summed E-state index contributed by atoms with van der Waals surface area (Å²) in [4.78, 5) is 12.5. The highest BCUT2D eigenvalue weighted by molar-refractivity contribution is 14.1. The second kappa shape index (κ2) is 12.1. The smallest absolute Gasteiger partial charge is 0.339 e. The average molecular weight is 624 g/mol. The molecule has 0 bridgehead atoms.